The number of hydrogen-bond acceptors (Lipinski definition) is 2. The lowest BCUT2D eigenvalue weighted by Crippen LogP contribution is -2.26. The molecular weight excluding hydrogens is 138 g/mol. The summed E-state index contributed by atoms with van der Waals surface area (Å²) in [7, 11) is 0. The number of nitrogens with two attached hydrogens (primary N) is 1. The van der Waals surface area contributed by atoms with Gasteiger partial charge in [0.15, 0.2) is 0 Å². The van der Waals surface area contributed by atoms with Gasteiger partial charge in [0.1, 0.15) is 0 Å². The standard InChI is InChI=1S/C9H17NO/c1-7(10)9-5-3-2-4-8(9)6-11/h8-9,11H,1-6,10H2/t8-,9-/m1/s1. The molecule has 1 saturated carbocycles. The van der Waals surface area contributed by atoms with Crippen LogP contribution in [0.15, 0.2) is 12.3 Å². The van der Waals surface area contributed by atoms with E-state index in [1.54, 1.807) is 0 Å². The summed E-state index contributed by atoms with van der Waals surface area (Å²) in [6.45, 7) is 4.01. The van der Waals surface area contributed by atoms with Crippen molar-refractivity contribution in [2.24, 2.45) is 17.6 Å². The topological polar surface area (TPSA) is 46.2 Å². The van der Waals surface area contributed by atoms with Crippen molar-refractivity contribution < 1.29 is 5.11 Å². The van der Waals surface area contributed by atoms with Crippen LogP contribution in [0.1, 0.15) is 25.7 Å². The van der Waals surface area contributed by atoms with E-state index in [9.17, 15) is 0 Å². The van der Waals surface area contributed by atoms with Gasteiger partial charge in [0.2, 0.25) is 0 Å². The quantitative estimate of drug-likeness (QED) is 0.630. The van der Waals surface area contributed by atoms with Crippen molar-refractivity contribution in [2.75, 3.05) is 6.61 Å². The largest absolute Gasteiger partial charge is 0.402 e. The number of aliphatic hydroxyl groups is 1. The highest BCUT2D eigenvalue weighted by atomic mass is 16.3. The second-order valence-corrected chi connectivity index (χ2v) is 3.41. The molecule has 0 aromatic heterocycles. The van der Waals surface area contributed by atoms with Crippen molar-refractivity contribution in [1.29, 1.82) is 0 Å². The van der Waals surface area contributed by atoms with E-state index in [0.29, 0.717) is 11.8 Å². The second kappa shape index (κ2) is 3.77. The molecule has 1 aliphatic rings. The van der Waals surface area contributed by atoms with E-state index in [1.807, 2.05) is 0 Å². The molecule has 0 amide bonds. The molecule has 1 fully saturated rings. The SMILES string of the molecule is C=C(N)[C@H]1CCCC[C@@H]1CO. The van der Waals surface area contributed by atoms with E-state index < -0.39 is 0 Å². The van der Waals surface area contributed by atoms with Gasteiger partial charge in [-0.15, -0.1) is 0 Å². The molecule has 0 aromatic rings. The molecule has 3 N–H and O–H groups in total. The van der Waals surface area contributed by atoms with Crippen LogP contribution < -0.4 is 5.73 Å². The average Bonchev–Trinajstić information content (AvgIpc) is 2.04. The Morgan fingerprint density at radius 3 is 2.55 bits per heavy atom. The van der Waals surface area contributed by atoms with Gasteiger partial charge in [-0.1, -0.05) is 19.4 Å². The summed E-state index contributed by atoms with van der Waals surface area (Å²) in [5.74, 6) is 0.745. The Balaban J connectivity index is 2.51. The summed E-state index contributed by atoms with van der Waals surface area (Å²) in [6, 6.07) is 0. The highest BCUT2D eigenvalue weighted by Crippen LogP contribution is 2.32. The zero-order chi connectivity index (χ0) is 8.27. The molecule has 11 heavy (non-hydrogen) atoms. The normalized spacial score (nSPS) is 31.7. The lowest BCUT2D eigenvalue weighted by molar-refractivity contribution is 0.151. The molecule has 0 unspecified atom stereocenters. The minimum atomic E-state index is 0.265. The first-order chi connectivity index (χ1) is 5.25. The van der Waals surface area contributed by atoms with E-state index >= 15 is 0 Å². The maximum Gasteiger partial charge on any atom is 0.0465 e. The average molecular weight is 155 g/mol. The highest BCUT2D eigenvalue weighted by molar-refractivity contribution is 4.98. The molecule has 0 bridgehead atoms. The fourth-order valence-electron chi connectivity index (χ4n) is 1.91. The third-order valence-corrected chi connectivity index (χ3v) is 2.62. The molecule has 2 heteroatoms. The molecule has 0 aliphatic heterocycles. The summed E-state index contributed by atoms with van der Waals surface area (Å²) in [5, 5.41) is 9.01. The van der Waals surface area contributed by atoms with Gasteiger partial charge in [-0.05, 0) is 18.8 Å². The predicted octanol–water partition coefficient (Wildman–Crippen LogP) is 1.26. The maximum atomic E-state index is 9.01. The Morgan fingerprint density at radius 2 is 2.09 bits per heavy atom. The van der Waals surface area contributed by atoms with Crippen LogP contribution >= 0.6 is 0 Å². The van der Waals surface area contributed by atoms with Gasteiger partial charge in [-0.3, -0.25) is 0 Å². The van der Waals surface area contributed by atoms with Crippen LogP contribution in [0.2, 0.25) is 0 Å². The van der Waals surface area contributed by atoms with Crippen molar-refractivity contribution in [1.82, 2.24) is 0 Å². The Hall–Kier alpha value is -0.500. The molecule has 2 nitrogen and oxygen atoms in total. The first kappa shape index (κ1) is 8.60. The van der Waals surface area contributed by atoms with Crippen LogP contribution in [0.4, 0.5) is 0 Å². The van der Waals surface area contributed by atoms with Crippen LogP contribution in [0.3, 0.4) is 0 Å². The van der Waals surface area contributed by atoms with Crippen LogP contribution in [-0.2, 0) is 0 Å². The lowest BCUT2D eigenvalue weighted by atomic mass is 9.78. The zero-order valence-corrected chi connectivity index (χ0v) is 6.92. The first-order valence-electron chi connectivity index (χ1n) is 4.31. The smallest absolute Gasteiger partial charge is 0.0465 e. The Bertz CT molecular complexity index is 144. The van der Waals surface area contributed by atoms with Crippen LogP contribution in [0.25, 0.3) is 0 Å². The predicted molar refractivity (Wildman–Crippen MR) is 45.9 cm³/mol. The fraction of sp³-hybridized carbons (Fsp3) is 0.778. The Morgan fingerprint density at radius 1 is 1.45 bits per heavy atom. The van der Waals surface area contributed by atoms with Gasteiger partial charge in [-0.25, -0.2) is 0 Å². The molecule has 1 rings (SSSR count). The molecule has 2 atom stereocenters. The van der Waals surface area contributed by atoms with Crippen molar-refractivity contribution in [3.63, 3.8) is 0 Å². The van der Waals surface area contributed by atoms with Crippen molar-refractivity contribution in [3.05, 3.63) is 12.3 Å². The second-order valence-electron chi connectivity index (χ2n) is 3.41. The minimum Gasteiger partial charge on any atom is -0.402 e. The van der Waals surface area contributed by atoms with Gasteiger partial charge >= 0.3 is 0 Å². The molecule has 0 heterocycles. The van der Waals surface area contributed by atoms with Crippen molar-refractivity contribution in [2.45, 2.75) is 25.7 Å². The Kier molecular flexibility index (Phi) is 2.94. The van der Waals surface area contributed by atoms with E-state index in [1.165, 1.54) is 12.8 Å². The van der Waals surface area contributed by atoms with E-state index in [4.69, 9.17) is 10.8 Å². The van der Waals surface area contributed by atoms with Crippen molar-refractivity contribution >= 4 is 0 Å². The number of hydrogen-bond donors (Lipinski definition) is 2. The molecule has 0 radical (unpaired) electrons. The maximum absolute atomic E-state index is 9.01. The van der Waals surface area contributed by atoms with E-state index in [-0.39, 0.29) is 6.61 Å². The highest BCUT2D eigenvalue weighted by Gasteiger charge is 2.24. The first-order valence-corrected chi connectivity index (χ1v) is 4.31. The van der Waals surface area contributed by atoms with Gasteiger partial charge < -0.3 is 10.8 Å². The van der Waals surface area contributed by atoms with E-state index in [2.05, 4.69) is 6.58 Å². The number of aliphatic hydroxyl groups excluding tert-OH is 1. The molecule has 0 aromatic carbocycles. The molecule has 0 saturated heterocycles. The van der Waals surface area contributed by atoms with Crippen LogP contribution in [0.5, 0.6) is 0 Å². The summed E-state index contributed by atoms with van der Waals surface area (Å²) in [5.41, 5.74) is 6.38. The van der Waals surface area contributed by atoms with Gasteiger partial charge in [-0.2, -0.15) is 0 Å². The third-order valence-electron chi connectivity index (χ3n) is 2.62. The van der Waals surface area contributed by atoms with Crippen LogP contribution in [-0.4, -0.2) is 11.7 Å². The number of allylic oxidation sites excluding steroid dienone is 1. The molecular formula is C9H17NO. The molecule has 1 aliphatic carbocycles. The van der Waals surface area contributed by atoms with Crippen molar-refractivity contribution in [3.8, 4) is 0 Å². The van der Waals surface area contributed by atoms with Gasteiger partial charge in [0.25, 0.3) is 0 Å². The number of rotatable bonds is 2. The summed E-state index contributed by atoms with van der Waals surface area (Å²) in [4.78, 5) is 0. The summed E-state index contributed by atoms with van der Waals surface area (Å²) in [6.07, 6.45) is 4.68. The van der Waals surface area contributed by atoms with Gasteiger partial charge in [0.05, 0.1) is 0 Å². The minimum absolute atomic E-state index is 0.265. The van der Waals surface area contributed by atoms with E-state index in [0.717, 1.165) is 18.5 Å². The fourth-order valence-corrected chi connectivity index (χ4v) is 1.91. The summed E-state index contributed by atoms with van der Waals surface area (Å²) < 4.78 is 0. The van der Waals surface area contributed by atoms with Gasteiger partial charge in [0, 0.05) is 18.2 Å². The lowest BCUT2D eigenvalue weighted by Gasteiger charge is -2.29. The zero-order valence-electron chi connectivity index (χ0n) is 6.92. The summed E-state index contributed by atoms with van der Waals surface area (Å²) >= 11 is 0. The Labute approximate surface area is 68.1 Å². The van der Waals surface area contributed by atoms with Crippen LogP contribution in [0, 0.1) is 11.8 Å². The molecule has 64 valence electrons. The monoisotopic (exact) mass is 155 g/mol. The third kappa shape index (κ3) is 1.96. The molecule has 0 spiro atoms.